The van der Waals surface area contributed by atoms with E-state index in [0.29, 0.717) is 5.56 Å². The molecular weight excluding hydrogens is 597 g/mol. The highest BCUT2D eigenvalue weighted by atomic mass is 16.5. The van der Waals surface area contributed by atoms with Crippen molar-refractivity contribution in [2.75, 3.05) is 0 Å². The van der Waals surface area contributed by atoms with Crippen molar-refractivity contribution in [2.24, 2.45) is 0 Å². The molecule has 0 radical (unpaired) electrons. The second-order valence-electron chi connectivity index (χ2n) is 12.9. The van der Waals surface area contributed by atoms with Gasteiger partial charge in [0, 0.05) is 5.46 Å². The van der Waals surface area contributed by atoms with Crippen LogP contribution < -0.4 is 25.9 Å². The monoisotopic (exact) mass is 627 g/mol. The van der Waals surface area contributed by atoms with Gasteiger partial charge in [0.2, 0.25) is 0 Å². The number of nitriles is 1. The minimum Gasteiger partial charge on any atom is -0.458 e. The number of hydrogen-bond donors (Lipinski definition) is 0. The van der Waals surface area contributed by atoms with E-state index in [1.165, 1.54) is 22.3 Å². The molecule has 2 aliphatic rings. The van der Waals surface area contributed by atoms with Crippen LogP contribution in [-0.4, -0.2) is 6.71 Å². The van der Waals surface area contributed by atoms with Crippen LogP contribution in [0.3, 0.4) is 0 Å². The number of nitrogens with zero attached hydrogens (tertiary/aromatic N) is 1. The Hall–Kier alpha value is -6.31. The van der Waals surface area contributed by atoms with Gasteiger partial charge >= 0.3 is 0 Å². The normalized spacial score (nSPS) is 12.1. The van der Waals surface area contributed by atoms with Crippen molar-refractivity contribution in [1.29, 1.82) is 5.26 Å². The average Bonchev–Trinajstić information content (AvgIpc) is 3.14. The molecule has 0 N–H and O–H groups in total. The summed E-state index contributed by atoms with van der Waals surface area (Å²) in [5.41, 5.74) is 15.3. The summed E-state index contributed by atoms with van der Waals surface area (Å²) >= 11 is 0. The second-order valence-corrected chi connectivity index (χ2v) is 12.9. The summed E-state index contributed by atoms with van der Waals surface area (Å²) < 4.78 is 13.7. The first kappa shape index (κ1) is 28.9. The highest BCUT2D eigenvalue weighted by molar-refractivity contribution is 6.98. The van der Waals surface area contributed by atoms with Crippen LogP contribution in [0.5, 0.6) is 23.0 Å². The Morgan fingerprint density at radius 1 is 0.449 bits per heavy atom. The van der Waals surface area contributed by atoms with E-state index in [1.54, 1.807) is 0 Å². The zero-order valence-corrected chi connectivity index (χ0v) is 27.2. The van der Waals surface area contributed by atoms with Gasteiger partial charge in [-0.15, -0.1) is 0 Å². The number of rotatable bonds is 4. The molecule has 7 aromatic rings. The van der Waals surface area contributed by atoms with E-state index in [4.69, 9.17) is 9.47 Å². The molecule has 0 spiro atoms. The van der Waals surface area contributed by atoms with Crippen molar-refractivity contribution >= 4 is 23.1 Å². The lowest BCUT2D eigenvalue weighted by atomic mass is 9.34. The molecule has 0 fully saturated rings. The Bertz CT molecular complexity index is 2370. The first-order valence-corrected chi connectivity index (χ1v) is 16.6. The van der Waals surface area contributed by atoms with Crippen LogP contribution >= 0.6 is 0 Å². The summed E-state index contributed by atoms with van der Waals surface area (Å²) in [5, 5.41) is 9.28. The number of hydrogen-bond acceptors (Lipinski definition) is 3. The lowest BCUT2D eigenvalue weighted by Gasteiger charge is -2.34. The zero-order chi connectivity index (χ0) is 33.1. The lowest BCUT2D eigenvalue weighted by Crippen LogP contribution is -2.57. The molecule has 230 valence electrons. The van der Waals surface area contributed by atoms with Crippen molar-refractivity contribution in [3.63, 3.8) is 0 Å². The first-order valence-electron chi connectivity index (χ1n) is 16.6. The van der Waals surface area contributed by atoms with E-state index >= 15 is 0 Å². The molecule has 0 saturated heterocycles. The predicted molar refractivity (Wildman–Crippen MR) is 200 cm³/mol. The van der Waals surface area contributed by atoms with Gasteiger partial charge < -0.3 is 9.47 Å². The third-order valence-electron chi connectivity index (χ3n) is 9.94. The molecule has 0 unspecified atom stereocenters. The van der Waals surface area contributed by atoms with Crippen LogP contribution in [0.1, 0.15) is 16.7 Å². The maximum absolute atomic E-state index is 9.28. The summed E-state index contributed by atoms with van der Waals surface area (Å²) in [4.78, 5) is 0. The Balaban J connectivity index is 1.21. The molecule has 3 nitrogen and oxygen atoms in total. The zero-order valence-electron chi connectivity index (χ0n) is 27.2. The molecule has 2 aliphatic heterocycles. The van der Waals surface area contributed by atoms with Crippen molar-refractivity contribution in [3.05, 3.63) is 162 Å². The molecule has 2 heterocycles. The smallest absolute Gasteiger partial charge is 0.260 e. The Morgan fingerprint density at radius 2 is 0.939 bits per heavy atom. The fraction of sp³-hybridized carbons (Fsp3) is 0.0444. The van der Waals surface area contributed by atoms with Crippen LogP contribution in [0.15, 0.2) is 146 Å². The van der Waals surface area contributed by atoms with Gasteiger partial charge in [-0.1, -0.05) is 103 Å². The Kier molecular flexibility index (Phi) is 6.74. The van der Waals surface area contributed by atoms with Gasteiger partial charge in [-0.25, -0.2) is 0 Å². The molecular formula is C45H30BNO2. The largest absolute Gasteiger partial charge is 0.458 e. The SMILES string of the molecule is Cc1ccccc1-c1ccc2c(c1)Oc1cc(-c3cccc(-c4ccc(C#N)cc4)c3)cc3c1B2c1ccc(-c2ccccc2C)cc1O3. The summed E-state index contributed by atoms with van der Waals surface area (Å²) in [6.07, 6.45) is 0. The fourth-order valence-electron chi connectivity index (χ4n) is 7.40. The van der Waals surface area contributed by atoms with Crippen molar-refractivity contribution in [3.8, 4) is 73.6 Å². The van der Waals surface area contributed by atoms with Crippen LogP contribution in [0.4, 0.5) is 0 Å². The standard InChI is InChI=1S/C45H30BNO2/c1-28-8-3-5-12-37(28)34-18-20-39-41(23-34)48-43-25-36(33-11-7-10-32(22-33)31-16-14-30(27-47)15-17-31)26-44-45(43)46(39)40-21-19-35(24-42(40)49-44)38-13-6-4-9-29(38)2/h3-26H,1-2H3. The second kappa shape index (κ2) is 11.4. The molecule has 0 bridgehead atoms. The predicted octanol–water partition coefficient (Wildman–Crippen LogP) is 9.57. The molecule has 9 rings (SSSR count). The molecule has 0 saturated carbocycles. The van der Waals surface area contributed by atoms with Crippen LogP contribution in [0.2, 0.25) is 0 Å². The molecule has 0 atom stereocenters. The Labute approximate surface area is 286 Å². The first-order chi connectivity index (χ1) is 24.0. The summed E-state index contributed by atoms with van der Waals surface area (Å²) in [6.45, 7) is 4.26. The quantitative estimate of drug-likeness (QED) is 0.183. The van der Waals surface area contributed by atoms with Gasteiger partial charge in [-0.3, -0.25) is 0 Å². The molecule has 49 heavy (non-hydrogen) atoms. The van der Waals surface area contributed by atoms with Crippen molar-refractivity contribution < 1.29 is 9.47 Å². The van der Waals surface area contributed by atoms with E-state index < -0.39 is 0 Å². The van der Waals surface area contributed by atoms with Gasteiger partial charge in [-0.2, -0.15) is 5.26 Å². The average molecular weight is 628 g/mol. The minimum atomic E-state index is -0.0339. The summed E-state index contributed by atoms with van der Waals surface area (Å²) in [5.74, 6) is 3.35. The molecule has 0 amide bonds. The highest BCUT2D eigenvalue weighted by Crippen LogP contribution is 2.41. The van der Waals surface area contributed by atoms with E-state index in [-0.39, 0.29) is 6.71 Å². The number of aryl methyl sites for hydroxylation is 2. The highest BCUT2D eigenvalue weighted by Gasteiger charge is 2.40. The third-order valence-corrected chi connectivity index (χ3v) is 9.94. The minimum absolute atomic E-state index is 0.0339. The Morgan fingerprint density at radius 3 is 1.47 bits per heavy atom. The molecule has 0 aliphatic carbocycles. The van der Waals surface area contributed by atoms with Crippen molar-refractivity contribution in [1.82, 2.24) is 0 Å². The van der Waals surface area contributed by atoms with E-state index in [9.17, 15) is 5.26 Å². The van der Waals surface area contributed by atoms with Crippen LogP contribution in [0.25, 0.3) is 44.5 Å². The molecule has 4 heteroatoms. The summed E-state index contributed by atoms with van der Waals surface area (Å²) in [6, 6.07) is 53.0. The number of fused-ring (bicyclic) bond motifs is 4. The lowest BCUT2D eigenvalue weighted by molar-refractivity contribution is 0.465. The third kappa shape index (κ3) is 4.91. The summed E-state index contributed by atoms with van der Waals surface area (Å²) in [7, 11) is 0. The van der Waals surface area contributed by atoms with E-state index in [0.717, 1.165) is 72.8 Å². The van der Waals surface area contributed by atoms with Gasteiger partial charge in [-0.05, 0) is 123 Å². The maximum atomic E-state index is 9.28. The fourth-order valence-corrected chi connectivity index (χ4v) is 7.40. The van der Waals surface area contributed by atoms with Gasteiger partial charge in [0.05, 0.1) is 11.6 Å². The maximum Gasteiger partial charge on any atom is 0.260 e. The molecule has 7 aromatic carbocycles. The topological polar surface area (TPSA) is 42.2 Å². The van der Waals surface area contributed by atoms with Crippen LogP contribution in [-0.2, 0) is 0 Å². The van der Waals surface area contributed by atoms with E-state index in [2.05, 4.69) is 141 Å². The van der Waals surface area contributed by atoms with Gasteiger partial charge in [0.15, 0.2) is 0 Å². The van der Waals surface area contributed by atoms with Crippen molar-refractivity contribution in [2.45, 2.75) is 13.8 Å². The van der Waals surface area contributed by atoms with Gasteiger partial charge in [0.1, 0.15) is 23.0 Å². The number of benzene rings is 7. The number of ether oxygens (including phenoxy) is 2. The van der Waals surface area contributed by atoms with Gasteiger partial charge in [0.25, 0.3) is 6.71 Å². The van der Waals surface area contributed by atoms with E-state index in [1.807, 2.05) is 24.3 Å². The molecule has 0 aromatic heterocycles. The van der Waals surface area contributed by atoms with Crippen LogP contribution in [0, 0.1) is 25.2 Å².